The number of ether oxygens (including phenoxy) is 1. The minimum Gasteiger partial charge on any atom is -0.495 e. The van der Waals surface area contributed by atoms with Crippen LogP contribution < -0.4 is 15.0 Å². The second-order valence-corrected chi connectivity index (χ2v) is 7.82. The molecule has 0 unspecified atom stereocenters. The molecule has 3 rings (SSSR count). The summed E-state index contributed by atoms with van der Waals surface area (Å²) in [6, 6.07) is 14.5. The van der Waals surface area contributed by atoms with E-state index in [1.54, 1.807) is 38.4 Å². The number of nitrogens with zero attached hydrogens (tertiary/aromatic N) is 2. The maximum atomic E-state index is 12.8. The summed E-state index contributed by atoms with van der Waals surface area (Å²) in [5, 5.41) is 3.19. The molecule has 2 aromatic rings. The first kappa shape index (κ1) is 19.4. The standard InChI is InChI=1S/C19H18BrN3O3S/c1-21-19(22-14-5-3-4-6-15(14)26-2)27-16-11-17(24)23(18(16)25)13-9-7-12(20)8-10-13/h3-10,16H,11H2,1-2H3,(H,21,22)/t16-/m0/s1. The van der Waals surface area contributed by atoms with Gasteiger partial charge in [-0.15, -0.1) is 0 Å². The van der Waals surface area contributed by atoms with Crippen LogP contribution in [0.2, 0.25) is 0 Å². The van der Waals surface area contributed by atoms with Crippen LogP contribution in [0, 0.1) is 0 Å². The predicted octanol–water partition coefficient (Wildman–Crippen LogP) is 3.92. The van der Waals surface area contributed by atoms with Crippen LogP contribution in [0.1, 0.15) is 6.42 Å². The number of para-hydroxylation sites is 2. The van der Waals surface area contributed by atoms with E-state index in [1.807, 2.05) is 24.3 Å². The first-order chi connectivity index (χ1) is 13.0. The van der Waals surface area contributed by atoms with E-state index in [0.717, 1.165) is 10.2 Å². The van der Waals surface area contributed by atoms with Gasteiger partial charge in [-0.25, -0.2) is 4.90 Å². The second kappa shape index (κ2) is 8.58. The molecule has 0 saturated carbocycles. The Kier molecular flexibility index (Phi) is 6.18. The van der Waals surface area contributed by atoms with Crippen molar-refractivity contribution >= 4 is 56.0 Å². The van der Waals surface area contributed by atoms with Gasteiger partial charge in [0, 0.05) is 17.9 Å². The number of rotatable bonds is 4. The number of imide groups is 1. The summed E-state index contributed by atoms with van der Waals surface area (Å²) >= 11 is 4.60. The van der Waals surface area contributed by atoms with Gasteiger partial charge >= 0.3 is 0 Å². The number of anilines is 2. The van der Waals surface area contributed by atoms with E-state index in [9.17, 15) is 9.59 Å². The molecule has 0 bridgehead atoms. The fourth-order valence-corrected chi connectivity index (χ4v) is 3.93. The molecule has 1 N–H and O–H groups in total. The third-order valence-electron chi connectivity index (χ3n) is 4.00. The molecule has 27 heavy (non-hydrogen) atoms. The van der Waals surface area contributed by atoms with Crippen molar-refractivity contribution in [3.63, 3.8) is 0 Å². The Morgan fingerprint density at radius 3 is 2.59 bits per heavy atom. The number of amidine groups is 1. The number of aliphatic imine (C=N–C) groups is 1. The molecule has 1 aliphatic heterocycles. The topological polar surface area (TPSA) is 71.0 Å². The second-order valence-electron chi connectivity index (χ2n) is 5.71. The molecule has 1 fully saturated rings. The van der Waals surface area contributed by atoms with Crippen molar-refractivity contribution < 1.29 is 14.3 Å². The van der Waals surface area contributed by atoms with Crippen LogP contribution in [0.4, 0.5) is 11.4 Å². The zero-order valence-corrected chi connectivity index (χ0v) is 17.2. The van der Waals surface area contributed by atoms with Crippen LogP contribution >= 0.6 is 27.7 Å². The largest absolute Gasteiger partial charge is 0.495 e. The van der Waals surface area contributed by atoms with Crippen molar-refractivity contribution in [3.05, 3.63) is 53.0 Å². The number of carbonyl (C=O) groups excluding carboxylic acids is 2. The molecule has 0 aromatic heterocycles. The molecule has 140 valence electrons. The lowest BCUT2D eigenvalue weighted by atomic mass is 10.3. The van der Waals surface area contributed by atoms with E-state index in [2.05, 4.69) is 26.2 Å². The Balaban J connectivity index is 1.74. The van der Waals surface area contributed by atoms with E-state index in [1.165, 1.54) is 16.7 Å². The highest BCUT2D eigenvalue weighted by atomic mass is 79.9. The van der Waals surface area contributed by atoms with Crippen LogP contribution in [0.15, 0.2) is 58.0 Å². The van der Waals surface area contributed by atoms with Crippen molar-refractivity contribution in [1.82, 2.24) is 0 Å². The fraction of sp³-hybridized carbons (Fsp3) is 0.211. The van der Waals surface area contributed by atoms with Gasteiger partial charge in [-0.2, -0.15) is 0 Å². The van der Waals surface area contributed by atoms with Gasteiger partial charge in [-0.05, 0) is 36.4 Å². The highest BCUT2D eigenvalue weighted by Gasteiger charge is 2.40. The van der Waals surface area contributed by atoms with Crippen LogP contribution in [0.3, 0.4) is 0 Å². The molecule has 1 aliphatic rings. The third kappa shape index (κ3) is 4.33. The summed E-state index contributed by atoms with van der Waals surface area (Å²) in [7, 11) is 3.23. The lowest BCUT2D eigenvalue weighted by Crippen LogP contribution is -2.31. The summed E-state index contributed by atoms with van der Waals surface area (Å²) in [5.74, 6) is 0.215. The summed E-state index contributed by atoms with van der Waals surface area (Å²) in [4.78, 5) is 30.7. The van der Waals surface area contributed by atoms with Gasteiger partial charge in [0.15, 0.2) is 5.17 Å². The van der Waals surface area contributed by atoms with Gasteiger partial charge in [-0.1, -0.05) is 39.8 Å². The number of carbonyl (C=O) groups is 2. The first-order valence-electron chi connectivity index (χ1n) is 8.19. The number of benzene rings is 2. The van der Waals surface area contributed by atoms with Gasteiger partial charge in [0.1, 0.15) is 11.0 Å². The molecule has 1 heterocycles. The Bertz CT molecular complexity index is 886. The molecule has 0 spiro atoms. The molecule has 6 nitrogen and oxygen atoms in total. The highest BCUT2D eigenvalue weighted by Crippen LogP contribution is 2.32. The van der Waals surface area contributed by atoms with Gasteiger partial charge < -0.3 is 10.1 Å². The monoisotopic (exact) mass is 447 g/mol. The Labute approximate surface area is 170 Å². The minimum absolute atomic E-state index is 0.131. The van der Waals surface area contributed by atoms with E-state index in [-0.39, 0.29) is 18.2 Å². The zero-order valence-electron chi connectivity index (χ0n) is 14.8. The average Bonchev–Trinajstić information content (AvgIpc) is 2.95. The van der Waals surface area contributed by atoms with Crippen molar-refractivity contribution in [2.45, 2.75) is 11.7 Å². The number of methoxy groups -OCH3 is 1. The molecule has 0 radical (unpaired) electrons. The lowest BCUT2D eigenvalue weighted by molar-refractivity contribution is -0.121. The summed E-state index contributed by atoms with van der Waals surface area (Å²) in [6.07, 6.45) is 0.131. The maximum absolute atomic E-state index is 12.8. The van der Waals surface area contributed by atoms with Gasteiger partial charge in [0.25, 0.3) is 0 Å². The van der Waals surface area contributed by atoms with Crippen molar-refractivity contribution in [2.75, 3.05) is 24.4 Å². The number of nitrogens with one attached hydrogen (secondary N) is 1. The smallest absolute Gasteiger partial charge is 0.247 e. The average molecular weight is 448 g/mol. The number of thioether (sulfide) groups is 1. The van der Waals surface area contributed by atoms with E-state index in [0.29, 0.717) is 16.6 Å². The van der Waals surface area contributed by atoms with E-state index in [4.69, 9.17) is 4.74 Å². The quantitative estimate of drug-likeness (QED) is 0.436. The van der Waals surface area contributed by atoms with Crippen LogP contribution in [-0.2, 0) is 9.59 Å². The van der Waals surface area contributed by atoms with Crippen molar-refractivity contribution in [1.29, 1.82) is 0 Å². The van der Waals surface area contributed by atoms with E-state index < -0.39 is 5.25 Å². The lowest BCUT2D eigenvalue weighted by Gasteiger charge is -2.16. The molecule has 1 atom stereocenters. The molecular weight excluding hydrogens is 430 g/mol. The van der Waals surface area contributed by atoms with Gasteiger partial charge in [-0.3, -0.25) is 14.6 Å². The molecule has 1 saturated heterocycles. The third-order valence-corrected chi connectivity index (χ3v) is 5.69. The van der Waals surface area contributed by atoms with Gasteiger partial charge in [0.05, 0.1) is 18.5 Å². The minimum atomic E-state index is -0.526. The molecule has 2 amide bonds. The van der Waals surface area contributed by atoms with Gasteiger partial charge in [0.2, 0.25) is 11.8 Å². The van der Waals surface area contributed by atoms with Crippen LogP contribution in [-0.4, -0.2) is 36.4 Å². The van der Waals surface area contributed by atoms with Crippen molar-refractivity contribution in [3.8, 4) is 5.75 Å². The summed E-state index contributed by atoms with van der Waals surface area (Å²) < 4.78 is 6.21. The number of amides is 2. The maximum Gasteiger partial charge on any atom is 0.247 e. The summed E-state index contributed by atoms with van der Waals surface area (Å²) in [6.45, 7) is 0. The van der Waals surface area contributed by atoms with Crippen molar-refractivity contribution in [2.24, 2.45) is 4.99 Å². The highest BCUT2D eigenvalue weighted by molar-refractivity contribution is 9.10. The number of hydrogen-bond acceptors (Lipinski definition) is 5. The normalized spacial score (nSPS) is 17.4. The first-order valence-corrected chi connectivity index (χ1v) is 9.86. The molecule has 8 heteroatoms. The number of halogens is 1. The molecule has 0 aliphatic carbocycles. The molecule has 2 aromatic carbocycles. The Morgan fingerprint density at radius 1 is 1.22 bits per heavy atom. The Morgan fingerprint density at radius 2 is 1.93 bits per heavy atom. The fourth-order valence-electron chi connectivity index (χ4n) is 2.69. The van der Waals surface area contributed by atoms with Crippen LogP contribution in [0.5, 0.6) is 5.75 Å². The number of hydrogen-bond donors (Lipinski definition) is 1. The predicted molar refractivity (Wildman–Crippen MR) is 113 cm³/mol. The van der Waals surface area contributed by atoms with E-state index >= 15 is 0 Å². The Hall–Kier alpha value is -2.32. The summed E-state index contributed by atoms with van der Waals surface area (Å²) in [5.41, 5.74) is 1.32. The molecular formula is C19H18BrN3O3S. The SMILES string of the molecule is CN=C(Nc1ccccc1OC)S[C@H]1CC(=O)N(c2ccc(Br)cc2)C1=O. The zero-order chi connectivity index (χ0) is 19.4. The van der Waals surface area contributed by atoms with Crippen LogP contribution in [0.25, 0.3) is 0 Å².